The number of hydrogen-bond acceptors (Lipinski definition) is 3. The first-order chi connectivity index (χ1) is 27.2. The first kappa shape index (κ1) is 32.1. The zero-order valence-corrected chi connectivity index (χ0v) is 31.7. The number of fused-ring (bicyclic) bond motifs is 8. The quantitative estimate of drug-likeness (QED) is 0.126. The molecule has 3 nitrogen and oxygen atoms in total. The van der Waals surface area contributed by atoms with E-state index in [-0.39, 0.29) is 0 Å². The Kier molecular flexibility index (Phi) is 7.51. The Bertz CT molecular complexity index is 3020. The third kappa shape index (κ3) is 5.15. The van der Waals surface area contributed by atoms with Gasteiger partial charge in [-0.3, -0.25) is 4.57 Å². The van der Waals surface area contributed by atoms with Gasteiger partial charge in [0.05, 0.1) is 22.5 Å². The Hall–Kier alpha value is -6.40. The summed E-state index contributed by atoms with van der Waals surface area (Å²) in [7, 11) is -2.86. The van der Waals surface area contributed by atoms with Gasteiger partial charge >= 0.3 is 0 Å². The van der Waals surface area contributed by atoms with E-state index in [1.807, 2.05) is 23.9 Å². The van der Waals surface area contributed by atoms with Gasteiger partial charge in [-0.15, -0.1) is 11.8 Å². The van der Waals surface area contributed by atoms with E-state index in [9.17, 15) is 0 Å². The molecule has 0 N–H and O–H groups in total. The van der Waals surface area contributed by atoms with Crippen LogP contribution >= 0.6 is 11.8 Å². The van der Waals surface area contributed by atoms with Gasteiger partial charge in [0.1, 0.15) is 17.0 Å². The highest BCUT2D eigenvalue weighted by atomic mass is 32.2. The maximum atomic E-state index is 6.21. The van der Waals surface area contributed by atoms with Crippen LogP contribution < -0.4 is 20.7 Å². The third-order valence-electron chi connectivity index (χ3n) is 11.2. The van der Waals surface area contributed by atoms with Crippen molar-refractivity contribution in [2.75, 3.05) is 0 Å². The molecule has 5 heteroatoms. The molecule has 0 aliphatic carbocycles. The Labute approximate surface area is 324 Å². The number of para-hydroxylation sites is 2. The summed E-state index contributed by atoms with van der Waals surface area (Å²) in [6.07, 6.45) is 0. The molecule has 0 saturated carbocycles. The summed E-state index contributed by atoms with van der Waals surface area (Å²) in [5, 5.41) is 7.66. The normalized spacial score (nSPS) is 12.6. The number of benzene rings is 8. The van der Waals surface area contributed by atoms with Gasteiger partial charge in [0, 0.05) is 15.7 Å². The maximum Gasteiger partial charge on any atom is 0.179 e. The molecule has 0 radical (unpaired) electrons. The van der Waals surface area contributed by atoms with Crippen LogP contribution in [0.1, 0.15) is 5.82 Å². The molecule has 11 rings (SSSR count). The molecule has 0 unspecified atom stereocenters. The van der Waals surface area contributed by atoms with E-state index in [1.54, 1.807) is 0 Å². The highest BCUT2D eigenvalue weighted by Crippen LogP contribution is 2.38. The van der Waals surface area contributed by atoms with Crippen molar-refractivity contribution in [1.82, 2.24) is 9.55 Å². The fourth-order valence-corrected chi connectivity index (χ4v) is 14.5. The predicted molar refractivity (Wildman–Crippen MR) is 232 cm³/mol. The van der Waals surface area contributed by atoms with Crippen molar-refractivity contribution in [2.24, 2.45) is 0 Å². The minimum atomic E-state index is -2.86. The zero-order valence-electron chi connectivity index (χ0n) is 29.9. The van der Waals surface area contributed by atoms with Gasteiger partial charge in [-0.25, -0.2) is 4.98 Å². The van der Waals surface area contributed by atoms with Crippen LogP contribution in [-0.4, -0.2) is 17.6 Å². The summed E-state index contributed by atoms with van der Waals surface area (Å²) in [6, 6.07) is 71.3. The minimum Gasteiger partial charge on any atom is -0.456 e. The van der Waals surface area contributed by atoms with Crippen LogP contribution in [0, 0.1) is 0 Å². The average Bonchev–Trinajstić information content (AvgIpc) is 3.83. The van der Waals surface area contributed by atoms with E-state index in [0.717, 1.165) is 44.5 Å². The number of hydrogen-bond donors (Lipinski definition) is 0. The van der Waals surface area contributed by atoms with E-state index >= 15 is 0 Å². The molecule has 0 saturated heterocycles. The summed E-state index contributed by atoms with van der Waals surface area (Å²) in [4.78, 5) is 6.36. The lowest BCUT2D eigenvalue weighted by Crippen LogP contribution is -2.74. The van der Waals surface area contributed by atoms with E-state index < -0.39 is 8.07 Å². The fraction of sp³-hybridized carbons (Fsp3) is 0.0200. The molecule has 260 valence electrons. The van der Waals surface area contributed by atoms with Crippen LogP contribution in [0.4, 0.5) is 0 Å². The highest BCUT2D eigenvalue weighted by molar-refractivity contribution is 7.98. The highest BCUT2D eigenvalue weighted by Gasteiger charge is 2.41. The molecule has 0 atom stereocenters. The molecular formula is C50H34N2OSSi. The van der Waals surface area contributed by atoms with E-state index in [4.69, 9.17) is 9.40 Å². The van der Waals surface area contributed by atoms with Crippen molar-refractivity contribution >= 4 is 73.6 Å². The van der Waals surface area contributed by atoms with Gasteiger partial charge in [-0.1, -0.05) is 152 Å². The number of thioether (sulfide) groups is 1. The summed E-state index contributed by atoms with van der Waals surface area (Å²) >= 11 is 1.86. The standard InChI is InChI=1S/C50H34N2OSSi/c1-3-15-38(16-4-1)55(39-17-5-2-6-18-39,40-19-11-13-34(29-40)36-26-28-48-43(31-36)42-21-7-9-23-47(42)53-48)41-20-12-14-35(30-41)37-25-27-44-46(32-37)52-45-22-8-10-24-49(45)54-33-50(52)51-44/h1-32H,33H2. The second-order valence-corrected chi connectivity index (χ2v) is 19.1. The van der Waals surface area contributed by atoms with Crippen LogP contribution in [0.2, 0.25) is 0 Å². The van der Waals surface area contributed by atoms with Crippen molar-refractivity contribution in [3.05, 3.63) is 200 Å². The monoisotopic (exact) mass is 738 g/mol. The first-order valence-electron chi connectivity index (χ1n) is 18.7. The van der Waals surface area contributed by atoms with Gasteiger partial charge in [-0.05, 0) is 85.5 Å². The lowest BCUT2D eigenvalue weighted by molar-refractivity contribution is 0.669. The van der Waals surface area contributed by atoms with Crippen molar-refractivity contribution in [3.63, 3.8) is 0 Å². The summed E-state index contributed by atoms with van der Waals surface area (Å²) < 4.78 is 8.56. The second-order valence-electron chi connectivity index (χ2n) is 14.3. The first-order valence-corrected chi connectivity index (χ1v) is 21.7. The van der Waals surface area contributed by atoms with Gasteiger partial charge in [0.2, 0.25) is 0 Å². The minimum absolute atomic E-state index is 0.865. The molecule has 55 heavy (non-hydrogen) atoms. The van der Waals surface area contributed by atoms with Crippen molar-refractivity contribution in [1.29, 1.82) is 0 Å². The molecule has 1 aliphatic heterocycles. The molecule has 8 aromatic carbocycles. The molecule has 2 aromatic heterocycles. The van der Waals surface area contributed by atoms with Crippen LogP contribution in [0.25, 0.3) is 60.9 Å². The second kappa shape index (κ2) is 12.9. The van der Waals surface area contributed by atoms with E-state index in [1.165, 1.54) is 53.6 Å². The Balaban J connectivity index is 1.11. The maximum absolute atomic E-state index is 6.21. The van der Waals surface area contributed by atoms with Crippen molar-refractivity contribution < 1.29 is 4.42 Å². The summed E-state index contributed by atoms with van der Waals surface area (Å²) in [5.41, 5.74) is 9.97. The van der Waals surface area contributed by atoms with Crippen LogP contribution in [0.5, 0.6) is 0 Å². The largest absolute Gasteiger partial charge is 0.456 e. The topological polar surface area (TPSA) is 31.0 Å². The fourth-order valence-electron chi connectivity index (χ4n) is 8.72. The predicted octanol–water partition coefficient (Wildman–Crippen LogP) is 10.2. The van der Waals surface area contributed by atoms with Crippen molar-refractivity contribution in [3.8, 4) is 27.9 Å². The molecule has 3 heterocycles. The number of furan rings is 1. The molecular weight excluding hydrogens is 705 g/mol. The third-order valence-corrected chi connectivity index (χ3v) is 17.0. The van der Waals surface area contributed by atoms with Gasteiger partial charge < -0.3 is 4.42 Å². The average molecular weight is 739 g/mol. The molecule has 1 aliphatic rings. The van der Waals surface area contributed by atoms with Gasteiger partial charge in [-0.2, -0.15) is 0 Å². The molecule has 10 aromatic rings. The van der Waals surface area contributed by atoms with Crippen LogP contribution in [-0.2, 0) is 5.75 Å². The van der Waals surface area contributed by atoms with Gasteiger partial charge in [0.15, 0.2) is 8.07 Å². The smallest absolute Gasteiger partial charge is 0.179 e. The molecule has 0 amide bonds. The lowest BCUT2D eigenvalue weighted by atomic mass is 10.0. The number of aromatic nitrogens is 2. The van der Waals surface area contributed by atoms with E-state index in [2.05, 4.69) is 187 Å². The van der Waals surface area contributed by atoms with Crippen molar-refractivity contribution in [2.45, 2.75) is 10.6 Å². The Morgan fingerprint density at radius 1 is 0.473 bits per heavy atom. The number of imidazole rings is 1. The summed E-state index contributed by atoms with van der Waals surface area (Å²) in [5.74, 6) is 1.97. The zero-order chi connectivity index (χ0) is 36.3. The Morgan fingerprint density at radius 3 is 1.80 bits per heavy atom. The SMILES string of the molecule is c1ccc([Si](c2ccccc2)(c2cccc(-c3ccc4oc5ccccc5c4c3)c2)c2cccc(-c3ccc4nc5n(c4c3)-c3ccccc3SC5)c2)cc1. The lowest BCUT2D eigenvalue weighted by Gasteiger charge is -2.35. The van der Waals surface area contributed by atoms with Gasteiger partial charge in [0.25, 0.3) is 0 Å². The number of nitrogens with zero attached hydrogens (tertiary/aromatic N) is 2. The van der Waals surface area contributed by atoms with Crippen LogP contribution in [0.3, 0.4) is 0 Å². The number of rotatable bonds is 6. The Morgan fingerprint density at radius 2 is 1.05 bits per heavy atom. The molecule has 0 fully saturated rings. The summed E-state index contributed by atoms with van der Waals surface area (Å²) in [6.45, 7) is 0. The molecule has 0 bridgehead atoms. The molecule has 0 spiro atoms. The van der Waals surface area contributed by atoms with Crippen LogP contribution in [0.15, 0.2) is 203 Å². The van der Waals surface area contributed by atoms with E-state index in [0.29, 0.717) is 0 Å².